The number of alkyl halides is 3. The molecule has 0 aliphatic heterocycles. The van der Waals surface area contributed by atoms with Crippen molar-refractivity contribution in [1.82, 2.24) is 5.32 Å². The van der Waals surface area contributed by atoms with Gasteiger partial charge in [-0.15, -0.1) is 0 Å². The minimum absolute atomic E-state index is 0.505. The maximum atomic E-state index is 11.8. The summed E-state index contributed by atoms with van der Waals surface area (Å²) < 4.78 is 40.5. The molecule has 1 aromatic rings. The van der Waals surface area contributed by atoms with Gasteiger partial charge in [-0.05, 0) is 12.1 Å². The van der Waals surface area contributed by atoms with Crippen LogP contribution in [0.4, 0.5) is 13.2 Å². The molecule has 0 bridgehead atoms. The average molecular weight is 245 g/mol. The highest BCUT2D eigenvalue weighted by Gasteiger charge is 2.37. The van der Waals surface area contributed by atoms with Gasteiger partial charge in [-0.3, -0.25) is 4.79 Å². The fraction of sp³-hybridized carbons (Fsp3) is 0.182. The summed E-state index contributed by atoms with van der Waals surface area (Å²) in [5, 5.41) is 1.62. The Morgan fingerprint density at radius 2 is 2.00 bits per heavy atom. The molecule has 0 aliphatic rings. The zero-order valence-electron chi connectivity index (χ0n) is 8.91. The Bertz CT molecular complexity index is 427. The lowest BCUT2D eigenvalue weighted by molar-refractivity contribution is -0.172. The van der Waals surface area contributed by atoms with Crippen molar-refractivity contribution in [2.24, 2.45) is 0 Å². The standard InChI is InChI=1S/C11H10F3NO2/c1-17-9-5-3-2-4-8(9)6-7-15-10(16)11(12,13)14/h2-7H,1H3,(H,15,16)/b7-6+. The van der Waals surface area contributed by atoms with Gasteiger partial charge in [0.15, 0.2) is 0 Å². The zero-order valence-corrected chi connectivity index (χ0v) is 8.91. The van der Waals surface area contributed by atoms with Crippen LogP contribution in [-0.2, 0) is 4.79 Å². The third-order valence-electron chi connectivity index (χ3n) is 1.87. The second-order valence-electron chi connectivity index (χ2n) is 3.05. The molecule has 92 valence electrons. The molecule has 0 atom stereocenters. The number of amides is 1. The van der Waals surface area contributed by atoms with Gasteiger partial charge in [-0.1, -0.05) is 18.2 Å². The van der Waals surface area contributed by atoms with Crippen LogP contribution < -0.4 is 10.1 Å². The minimum Gasteiger partial charge on any atom is -0.496 e. The van der Waals surface area contributed by atoms with E-state index in [1.165, 1.54) is 13.2 Å². The van der Waals surface area contributed by atoms with Crippen molar-refractivity contribution < 1.29 is 22.7 Å². The van der Waals surface area contributed by atoms with Crippen molar-refractivity contribution in [2.45, 2.75) is 6.18 Å². The van der Waals surface area contributed by atoms with Gasteiger partial charge in [0.05, 0.1) is 7.11 Å². The van der Waals surface area contributed by atoms with Gasteiger partial charge in [0.1, 0.15) is 5.75 Å². The summed E-state index contributed by atoms with van der Waals surface area (Å²) in [4.78, 5) is 10.5. The number of benzene rings is 1. The minimum atomic E-state index is -4.88. The number of carbonyl (C=O) groups is 1. The normalized spacial score (nSPS) is 11.5. The van der Waals surface area contributed by atoms with Crippen molar-refractivity contribution in [3.63, 3.8) is 0 Å². The van der Waals surface area contributed by atoms with Gasteiger partial charge in [-0.2, -0.15) is 13.2 Å². The molecular formula is C11H10F3NO2. The van der Waals surface area contributed by atoms with E-state index in [1.807, 2.05) is 0 Å². The number of rotatable bonds is 3. The predicted octanol–water partition coefficient (Wildman–Crippen LogP) is 2.34. The highest BCUT2D eigenvalue weighted by atomic mass is 19.4. The summed E-state index contributed by atoms with van der Waals surface area (Å²) in [7, 11) is 1.45. The first-order chi connectivity index (χ1) is 7.95. The molecule has 0 unspecified atom stereocenters. The number of para-hydroxylation sites is 1. The monoisotopic (exact) mass is 245 g/mol. The van der Waals surface area contributed by atoms with E-state index >= 15 is 0 Å². The molecule has 0 aliphatic carbocycles. The van der Waals surface area contributed by atoms with Crippen molar-refractivity contribution >= 4 is 12.0 Å². The van der Waals surface area contributed by atoms with E-state index in [4.69, 9.17) is 4.74 Å². The van der Waals surface area contributed by atoms with Gasteiger partial charge < -0.3 is 10.1 Å². The predicted molar refractivity (Wildman–Crippen MR) is 56.2 cm³/mol. The largest absolute Gasteiger partial charge is 0.496 e. The topological polar surface area (TPSA) is 38.3 Å². The summed E-state index contributed by atoms with van der Waals surface area (Å²) >= 11 is 0. The van der Waals surface area contributed by atoms with E-state index in [9.17, 15) is 18.0 Å². The first-order valence-corrected chi connectivity index (χ1v) is 4.62. The summed E-state index contributed by atoms with van der Waals surface area (Å²) in [5.74, 6) is -1.51. The van der Waals surface area contributed by atoms with Crippen LogP contribution in [0.15, 0.2) is 30.5 Å². The Hall–Kier alpha value is -1.98. The molecule has 0 fully saturated rings. The number of ether oxygens (including phenoxy) is 1. The van der Waals surface area contributed by atoms with Crippen molar-refractivity contribution in [2.75, 3.05) is 7.11 Å². The lowest BCUT2D eigenvalue weighted by atomic mass is 10.2. The van der Waals surface area contributed by atoms with E-state index in [0.29, 0.717) is 11.3 Å². The summed E-state index contributed by atoms with van der Waals surface area (Å²) in [6.45, 7) is 0. The molecule has 0 saturated carbocycles. The molecular weight excluding hydrogens is 235 g/mol. The van der Waals surface area contributed by atoms with Gasteiger partial charge in [-0.25, -0.2) is 0 Å². The van der Waals surface area contributed by atoms with Gasteiger partial charge >= 0.3 is 12.1 Å². The Labute approximate surface area is 95.9 Å². The maximum Gasteiger partial charge on any atom is 0.471 e. The molecule has 3 nitrogen and oxygen atoms in total. The maximum absolute atomic E-state index is 11.8. The Morgan fingerprint density at radius 3 is 2.59 bits per heavy atom. The molecule has 0 saturated heterocycles. The molecule has 17 heavy (non-hydrogen) atoms. The molecule has 0 aromatic heterocycles. The number of carbonyl (C=O) groups excluding carboxylic acids is 1. The first kappa shape index (κ1) is 13.1. The molecule has 0 radical (unpaired) electrons. The molecule has 1 rings (SSSR count). The van der Waals surface area contributed by atoms with Crippen LogP contribution in [-0.4, -0.2) is 19.2 Å². The number of hydrogen-bond donors (Lipinski definition) is 1. The molecule has 6 heteroatoms. The van der Waals surface area contributed by atoms with Crippen LogP contribution in [0.2, 0.25) is 0 Å². The van der Waals surface area contributed by atoms with Crippen LogP contribution in [0, 0.1) is 0 Å². The van der Waals surface area contributed by atoms with E-state index in [2.05, 4.69) is 0 Å². The second-order valence-corrected chi connectivity index (χ2v) is 3.05. The molecule has 0 heterocycles. The van der Waals surface area contributed by atoms with Gasteiger partial charge in [0.25, 0.3) is 0 Å². The molecule has 1 amide bonds. The number of hydrogen-bond acceptors (Lipinski definition) is 2. The second kappa shape index (κ2) is 5.38. The Kier molecular flexibility index (Phi) is 4.14. The lowest BCUT2D eigenvalue weighted by Crippen LogP contribution is -2.33. The number of nitrogens with one attached hydrogen (secondary N) is 1. The smallest absolute Gasteiger partial charge is 0.471 e. The third kappa shape index (κ3) is 3.82. The Morgan fingerprint density at radius 1 is 1.35 bits per heavy atom. The van der Waals surface area contributed by atoms with Crippen molar-refractivity contribution in [3.8, 4) is 5.75 Å². The molecule has 1 N–H and O–H groups in total. The fourth-order valence-corrected chi connectivity index (χ4v) is 1.09. The molecule has 0 spiro atoms. The van der Waals surface area contributed by atoms with Crippen molar-refractivity contribution in [3.05, 3.63) is 36.0 Å². The highest BCUT2D eigenvalue weighted by molar-refractivity contribution is 5.83. The average Bonchev–Trinajstić information content (AvgIpc) is 2.28. The van der Waals surface area contributed by atoms with E-state index in [0.717, 1.165) is 6.20 Å². The first-order valence-electron chi connectivity index (χ1n) is 4.62. The van der Waals surface area contributed by atoms with Gasteiger partial charge in [0.2, 0.25) is 0 Å². The summed E-state index contributed by atoms with van der Waals surface area (Å²) in [6.07, 6.45) is -2.64. The number of methoxy groups -OCH3 is 1. The van der Waals surface area contributed by atoms with Crippen LogP contribution in [0.3, 0.4) is 0 Å². The Balaban J connectivity index is 2.69. The van der Waals surface area contributed by atoms with Gasteiger partial charge in [0, 0.05) is 11.8 Å². The summed E-state index contributed by atoms with van der Waals surface area (Å²) in [6, 6.07) is 6.73. The summed E-state index contributed by atoms with van der Waals surface area (Å²) in [5.41, 5.74) is 0.567. The number of halogens is 3. The third-order valence-corrected chi connectivity index (χ3v) is 1.87. The zero-order chi connectivity index (χ0) is 12.9. The fourth-order valence-electron chi connectivity index (χ4n) is 1.09. The lowest BCUT2D eigenvalue weighted by Gasteiger charge is -2.05. The van der Waals surface area contributed by atoms with Crippen molar-refractivity contribution in [1.29, 1.82) is 0 Å². The van der Waals surface area contributed by atoms with Crippen LogP contribution >= 0.6 is 0 Å². The SMILES string of the molecule is COc1ccccc1/C=C/NC(=O)C(F)(F)F. The molecule has 1 aromatic carbocycles. The van der Waals surface area contributed by atoms with E-state index < -0.39 is 12.1 Å². The quantitative estimate of drug-likeness (QED) is 0.887. The van der Waals surface area contributed by atoms with E-state index in [1.54, 1.807) is 29.6 Å². The van der Waals surface area contributed by atoms with E-state index in [-0.39, 0.29) is 0 Å². The van der Waals surface area contributed by atoms with Crippen LogP contribution in [0.25, 0.3) is 6.08 Å². The van der Waals surface area contributed by atoms with Crippen LogP contribution in [0.1, 0.15) is 5.56 Å². The van der Waals surface area contributed by atoms with Crippen LogP contribution in [0.5, 0.6) is 5.75 Å². The highest BCUT2D eigenvalue weighted by Crippen LogP contribution is 2.18.